The molecule has 124 valence electrons. The van der Waals surface area contributed by atoms with Crippen LogP contribution in [0, 0.1) is 12.8 Å². The molecule has 0 N–H and O–H groups in total. The van der Waals surface area contributed by atoms with Crippen LogP contribution in [0.3, 0.4) is 0 Å². The van der Waals surface area contributed by atoms with Gasteiger partial charge in [-0.2, -0.15) is 0 Å². The second-order valence-electron chi connectivity index (χ2n) is 6.66. The van der Waals surface area contributed by atoms with E-state index in [1.807, 2.05) is 27.7 Å². The molecule has 0 aliphatic carbocycles. The van der Waals surface area contributed by atoms with E-state index >= 15 is 0 Å². The summed E-state index contributed by atoms with van der Waals surface area (Å²) in [5.74, 6) is 0.357. The van der Waals surface area contributed by atoms with Gasteiger partial charge in [-0.25, -0.2) is 4.79 Å². The number of likely N-dealkylation sites (tertiary alicyclic amines) is 1. The van der Waals surface area contributed by atoms with Crippen molar-refractivity contribution in [1.29, 1.82) is 0 Å². The summed E-state index contributed by atoms with van der Waals surface area (Å²) in [4.78, 5) is 13.9. The Morgan fingerprint density at radius 3 is 2.82 bits per heavy atom. The molecule has 1 aliphatic heterocycles. The van der Waals surface area contributed by atoms with Gasteiger partial charge >= 0.3 is 6.09 Å². The number of aryl methyl sites for hydroxylation is 1. The van der Waals surface area contributed by atoms with Gasteiger partial charge in [0.2, 0.25) is 0 Å². The molecule has 2 heterocycles. The van der Waals surface area contributed by atoms with Gasteiger partial charge < -0.3 is 14.4 Å². The molecular formula is C15H25N3O3S. The van der Waals surface area contributed by atoms with Crippen LogP contribution in [0.5, 0.6) is 0 Å². The lowest BCUT2D eigenvalue weighted by molar-refractivity contribution is 0.00588. The number of amides is 1. The summed E-state index contributed by atoms with van der Waals surface area (Å²) in [6, 6.07) is 0. The van der Waals surface area contributed by atoms with Gasteiger partial charge in [-0.3, -0.25) is 0 Å². The molecule has 1 aromatic heterocycles. The molecule has 0 unspecified atom stereocenters. The third kappa shape index (κ3) is 5.53. The molecule has 1 fully saturated rings. The Labute approximate surface area is 135 Å². The second kappa shape index (κ2) is 7.37. The van der Waals surface area contributed by atoms with Crippen molar-refractivity contribution in [2.75, 3.05) is 19.7 Å². The van der Waals surface area contributed by atoms with Crippen LogP contribution in [0.4, 0.5) is 4.79 Å². The van der Waals surface area contributed by atoms with Crippen LogP contribution < -0.4 is 0 Å². The third-order valence-electron chi connectivity index (χ3n) is 3.32. The first-order chi connectivity index (χ1) is 10.3. The fraction of sp³-hybridized carbons (Fsp3) is 0.800. The van der Waals surface area contributed by atoms with Gasteiger partial charge in [0.25, 0.3) is 0 Å². The number of piperidine rings is 1. The Morgan fingerprint density at radius 1 is 1.41 bits per heavy atom. The quantitative estimate of drug-likeness (QED) is 0.850. The Hall–Kier alpha value is -1.21. The van der Waals surface area contributed by atoms with Gasteiger partial charge in [0, 0.05) is 19.0 Å². The fourth-order valence-electron chi connectivity index (χ4n) is 2.40. The standard InChI is InChI=1S/C15H25N3O3S/c1-11-16-17-13(22-11)10-20-9-12-6-5-7-18(8-12)14(19)21-15(2,3)4/h12H,5-10H2,1-4H3/t12-/m0/s1. The molecule has 22 heavy (non-hydrogen) atoms. The zero-order valence-corrected chi connectivity index (χ0v) is 14.6. The maximum atomic E-state index is 12.1. The maximum absolute atomic E-state index is 12.1. The number of nitrogens with zero attached hydrogens (tertiary/aromatic N) is 3. The van der Waals surface area contributed by atoms with Crippen LogP contribution in [0.1, 0.15) is 43.6 Å². The van der Waals surface area contributed by atoms with Gasteiger partial charge in [-0.05, 0) is 40.5 Å². The van der Waals surface area contributed by atoms with E-state index in [0.29, 0.717) is 25.7 Å². The highest BCUT2D eigenvalue weighted by Gasteiger charge is 2.27. The van der Waals surface area contributed by atoms with Gasteiger partial charge in [0.15, 0.2) is 0 Å². The van der Waals surface area contributed by atoms with Crippen molar-refractivity contribution >= 4 is 17.4 Å². The minimum atomic E-state index is -0.448. The summed E-state index contributed by atoms with van der Waals surface area (Å²) >= 11 is 1.55. The Kier molecular flexibility index (Phi) is 5.74. The minimum absolute atomic E-state index is 0.225. The van der Waals surface area contributed by atoms with E-state index in [2.05, 4.69) is 10.2 Å². The van der Waals surface area contributed by atoms with Gasteiger partial charge in [0.1, 0.15) is 22.2 Å². The van der Waals surface area contributed by atoms with Crippen molar-refractivity contribution in [3.05, 3.63) is 10.0 Å². The van der Waals surface area contributed by atoms with E-state index < -0.39 is 5.60 Å². The lowest BCUT2D eigenvalue weighted by Crippen LogP contribution is -2.43. The normalized spacial score (nSPS) is 19.3. The first-order valence-electron chi connectivity index (χ1n) is 7.68. The van der Waals surface area contributed by atoms with E-state index in [0.717, 1.165) is 29.4 Å². The Bertz CT molecular complexity index is 498. The summed E-state index contributed by atoms with van der Waals surface area (Å²) in [6.45, 7) is 10.2. The van der Waals surface area contributed by atoms with Crippen LogP contribution >= 0.6 is 11.3 Å². The number of hydrogen-bond donors (Lipinski definition) is 0. The largest absolute Gasteiger partial charge is 0.444 e. The van der Waals surface area contributed by atoms with Gasteiger partial charge in [0.05, 0.1) is 6.61 Å². The zero-order chi connectivity index (χ0) is 16.2. The first kappa shape index (κ1) is 17.1. The fourth-order valence-corrected chi connectivity index (χ4v) is 3.05. The van der Waals surface area contributed by atoms with E-state index in [9.17, 15) is 4.79 Å². The highest BCUT2D eigenvalue weighted by Crippen LogP contribution is 2.20. The average Bonchev–Trinajstić information content (AvgIpc) is 2.83. The summed E-state index contributed by atoms with van der Waals surface area (Å²) in [5.41, 5.74) is -0.448. The summed E-state index contributed by atoms with van der Waals surface area (Å²) in [6.07, 6.45) is 1.84. The first-order valence-corrected chi connectivity index (χ1v) is 8.50. The molecule has 1 aromatic rings. The smallest absolute Gasteiger partial charge is 0.410 e. The van der Waals surface area contributed by atoms with Crippen LogP contribution in [0.15, 0.2) is 0 Å². The predicted octanol–water partition coefficient (Wildman–Crippen LogP) is 3.01. The monoisotopic (exact) mass is 327 g/mol. The highest BCUT2D eigenvalue weighted by atomic mass is 32.1. The van der Waals surface area contributed by atoms with E-state index in [4.69, 9.17) is 9.47 Å². The molecule has 0 spiro atoms. The molecule has 0 bridgehead atoms. The van der Waals surface area contributed by atoms with Crippen molar-refractivity contribution in [3.8, 4) is 0 Å². The number of hydrogen-bond acceptors (Lipinski definition) is 6. The molecule has 0 aromatic carbocycles. The zero-order valence-electron chi connectivity index (χ0n) is 13.8. The third-order valence-corrected chi connectivity index (χ3v) is 4.13. The van der Waals surface area contributed by atoms with E-state index in [1.54, 1.807) is 16.2 Å². The van der Waals surface area contributed by atoms with Crippen LogP contribution in [0.2, 0.25) is 0 Å². The van der Waals surface area contributed by atoms with Gasteiger partial charge in [-0.15, -0.1) is 10.2 Å². The van der Waals surface area contributed by atoms with E-state index in [-0.39, 0.29) is 6.09 Å². The number of rotatable bonds is 4. The second-order valence-corrected chi connectivity index (χ2v) is 7.93. The summed E-state index contributed by atoms with van der Waals surface area (Å²) in [7, 11) is 0. The van der Waals surface area contributed by atoms with Crippen molar-refractivity contribution in [3.63, 3.8) is 0 Å². The van der Waals surface area contributed by atoms with Crippen molar-refractivity contribution < 1.29 is 14.3 Å². The molecule has 6 nitrogen and oxygen atoms in total. The molecule has 0 radical (unpaired) electrons. The van der Waals surface area contributed by atoms with Crippen molar-refractivity contribution in [2.24, 2.45) is 5.92 Å². The summed E-state index contributed by atoms with van der Waals surface area (Å²) in [5, 5.41) is 9.86. The average molecular weight is 327 g/mol. The molecule has 1 saturated heterocycles. The molecule has 7 heteroatoms. The molecule has 1 atom stereocenters. The topological polar surface area (TPSA) is 64.6 Å². The van der Waals surface area contributed by atoms with Crippen LogP contribution in [-0.2, 0) is 16.1 Å². The summed E-state index contributed by atoms with van der Waals surface area (Å²) < 4.78 is 11.2. The number of carbonyl (C=O) groups excluding carboxylic acids is 1. The molecule has 1 amide bonds. The predicted molar refractivity (Wildman–Crippen MR) is 84.8 cm³/mol. The lowest BCUT2D eigenvalue weighted by Gasteiger charge is -2.34. The van der Waals surface area contributed by atoms with Gasteiger partial charge in [-0.1, -0.05) is 11.3 Å². The van der Waals surface area contributed by atoms with E-state index in [1.165, 1.54) is 0 Å². The SMILES string of the molecule is Cc1nnc(COC[C@H]2CCCN(C(=O)OC(C)(C)C)C2)s1. The van der Waals surface area contributed by atoms with Crippen molar-refractivity contribution in [2.45, 2.75) is 52.7 Å². The molecule has 2 rings (SSSR count). The minimum Gasteiger partial charge on any atom is -0.444 e. The van der Waals surface area contributed by atoms with Crippen LogP contribution in [0.25, 0.3) is 0 Å². The number of carbonyl (C=O) groups is 1. The van der Waals surface area contributed by atoms with Crippen molar-refractivity contribution in [1.82, 2.24) is 15.1 Å². The molecular weight excluding hydrogens is 302 g/mol. The Morgan fingerprint density at radius 2 is 2.18 bits per heavy atom. The number of ether oxygens (including phenoxy) is 2. The highest BCUT2D eigenvalue weighted by molar-refractivity contribution is 7.11. The molecule has 0 saturated carbocycles. The number of aromatic nitrogens is 2. The maximum Gasteiger partial charge on any atom is 0.410 e. The Balaban J connectivity index is 1.74. The van der Waals surface area contributed by atoms with Crippen LogP contribution in [-0.4, -0.2) is 46.5 Å². The lowest BCUT2D eigenvalue weighted by atomic mass is 9.99. The molecule has 1 aliphatic rings.